The number of likely N-dealkylation sites (tertiary alicyclic amines) is 1. The Morgan fingerprint density at radius 3 is 2.25 bits per heavy atom. The van der Waals surface area contributed by atoms with E-state index in [0.717, 1.165) is 51.6 Å². The summed E-state index contributed by atoms with van der Waals surface area (Å²) in [5.41, 5.74) is -0.496. The second-order valence-electron chi connectivity index (χ2n) is 8.96. The van der Waals surface area contributed by atoms with Crippen LogP contribution in [0.5, 0.6) is 0 Å². The van der Waals surface area contributed by atoms with E-state index in [2.05, 4.69) is 16.0 Å². The van der Waals surface area contributed by atoms with Gasteiger partial charge in [0.2, 0.25) is 5.91 Å². The van der Waals surface area contributed by atoms with Crippen molar-refractivity contribution in [3.8, 4) is 0 Å². The largest absolute Gasteiger partial charge is 0.444 e. The number of hydrogen-bond acceptors (Lipinski definition) is 5. The van der Waals surface area contributed by atoms with E-state index in [4.69, 9.17) is 4.74 Å². The van der Waals surface area contributed by atoms with Gasteiger partial charge in [0.1, 0.15) is 5.60 Å². The fourth-order valence-electron chi connectivity index (χ4n) is 3.73. The Morgan fingerprint density at radius 2 is 1.64 bits per heavy atom. The normalized spacial score (nSPS) is 19.7. The predicted octanol–water partition coefficient (Wildman–Crippen LogP) is 2.38. The summed E-state index contributed by atoms with van der Waals surface area (Å²) in [6, 6.07) is -0.192. The molecule has 8 nitrogen and oxygen atoms in total. The Morgan fingerprint density at radius 1 is 1.00 bits per heavy atom. The lowest BCUT2D eigenvalue weighted by atomic mass is 9.96. The van der Waals surface area contributed by atoms with Gasteiger partial charge >= 0.3 is 12.1 Å². The van der Waals surface area contributed by atoms with Crippen molar-refractivity contribution in [3.05, 3.63) is 0 Å². The molecule has 1 heterocycles. The molecule has 8 heteroatoms. The van der Waals surface area contributed by atoms with Crippen LogP contribution in [0.2, 0.25) is 0 Å². The number of ether oxygens (including phenoxy) is 1. The summed E-state index contributed by atoms with van der Waals surface area (Å²) < 4.78 is 5.24. The van der Waals surface area contributed by atoms with Gasteiger partial charge in [-0.15, -0.1) is 0 Å². The number of rotatable bonds is 5. The van der Waals surface area contributed by atoms with Gasteiger partial charge in [0.05, 0.1) is 6.54 Å². The molecule has 2 rings (SSSR count). The zero-order valence-corrected chi connectivity index (χ0v) is 17.5. The minimum Gasteiger partial charge on any atom is -0.444 e. The third-order valence-corrected chi connectivity index (χ3v) is 5.20. The van der Waals surface area contributed by atoms with Crippen LogP contribution in [0.25, 0.3) is 0 Å². The highest BCUT2D eigenvalue weighted by molar-refractivity contribution is 5.95. The lowest BCUT2D eigenvalue weighted by Gasteiger charge is -2.31. The van der Waals surface area contributed by atoms with Gasteiger partial charge < -0.3 is 15.4 Å². The van der Waals surface area contributed by atoms with Gasteiger partial charge in [-0.25, -0.2) is 9.59 Å². The number of amides is 4. The van der Waals surface area contributed by atoms with Crippen LogP contribution in [0, 0.1) is 5.92 Å². The van der Waals surface area contributed by atoms with Crippen LogP contribution in [-0.2, 0) is 9.53 Å². The number of hydrogen-bond donors (Lipinski definition) is 3. The van der Waals surface area contributed by atoms with Gasteiger partial charge in [0.25, 0.3) is 0 Å². The molecule has 0 radical (unpaired) electrons. The number of nitrogens with one attached hydrogen (secondary N) is 3. The smallest absolute Gasteiger partial charge is 0.407 e. The first kappa shape index (κ1) is 22.5. The van der Waals surface area contributed by atoms with E-state index in [1.807, 2.05) is 25.7 Å². The van der Waals surface area contributed by atoms with E-state index in [1.165, 1.54) is 6.42 Å². The van der Waals surface area contributed by atoms with Crippen molar-refractivity contribution < 1.29 is 19.1 Å². The summed E-state index contributed by atoms with van der Waals surface area (Å²) >= 11 is 0. The van der Waals surface area contributed by atoms with Crippen molar-refractivity contribution >= 4 is 18.0 Å². The first-order valence-electron chi connectivity index (χ1n) is 10.5. The van der Waals surface area contributed by atoms with Crippen LogP contribution in [0.4, 0.5) is 9.59 Å². The summed E-state index contributed by atoms with van der Waals surface area (Å²) in [6.45, 7) is 7.88. The van der Waals surface area contributed by atoms with Crippen molar-refractivity contribution in [1.82, 2.24) is 20.9 Å². The minimum atomic E-state index is -0.496. The number of carbonyl (C=O) groups is 3. The van der Waals surface area contributed by atoms with Gasteiger partial charge in [0.15, 0.2) is 0 Å². The predicted molar refractivity (Wildman–Crippen MR) is 107 cm³/mol. The van der Waals surface area contributed by atoms with E-state index in [9.17, 15) is 14.4 Å². The van der Waals surface area contributed by atoms with Crippen LogP contribution in [0.1, 0.15) is 65.7 Å². The monoisotopic (exact) mass is 396 g/mol. The second kappa shape index (κ2) is 10.6. The quantitative estimate of drug-likeness (QED) is 0.663. The molecular weight excluding hydrogens is 360 g/mol. The highest BCUT2D eigenvalue weighted by Gasteiger charge is 2.23. The average molecular weight is 397 g/mol. The van der Waals surface area contributed by atoms with E-state index < -0.39 is 11.7 Å². The molecule has 4 amide bonds. The molecule has 28 heavy (non-hydrogen) atoms. The van der Waals surface area contributed by atoms with Crippen molar-refractivity contribution in [3.63, 3.8) is 0 Å². The molecule has 160 valence electrons. The van der Waals surface area contributed by atoms with Crippen LogP contribution in [0.3, 0.4) is 0 Å². The summed E-state index contributed by atoms with van der Waals surface area (Å²) in [5, 5.41) is 8.16. The van der Waals surface area contributed by atoms with Gasteiger partial charge in [-0.05, 0) is 65.5 Å². The van der Waals surface area contributed by atoms with Crippen molar-refractivity contribution in [2.45, 2.75) is 77.4 Å². The maximum atomic E-state index is 12.1. The molecule has 0 bridgehead atoms. The molecule has 0 unspecified atom stereocenters. The molecular formula is C20H36N4O4. The van der Waals surface area contributed by atoms with E-state index in [1.54, 1.807) is 0 Å². The number of carbonyl (C=O) groups excluding carboxylic acids is 3. The standard InChI is InChI=1S/C20H36N4O4/c1-20(2,3)28-19(27)21-13-15-9-11-24(12-10-15)14-17(25)23-18(26)22-16-7-5-4-6-8-16/h15-16H,4-14H2,1-3H3,(H,21,27)(H2,22,23,25,26). The van der Waals surface area contributed by atoms with Gasteiger partial charge in [-0.1, -0.05) is 19.3 Å². The van der Waals surface area contributed by atoms with Crippen LogP contribution < -0.4 is 16.0 Å². The van der Waals surface area contributed by atoms with Gasteiger partial charge in [-0.3, -0.25) is 15.0 Å². The van der Waals surface area contributed by atoms with Crippen molar-refractivity contribution in [2.75, 3.05) is 26.2 Å². The lowest BCUT2D eigenvalue weighted by Crippen LogP contribution is -2.49. The lowest BCUT2D eigenvalue weighted by molar-refractivity contribution is -0.121. The van der Waals surface area contributed by atoms with E-state index >= 15 is 0 Å². The van der Waals surface area contributed by atoms with Crippen LogP contribution >= 0.6 is 0 Å². The molecule has 2 fully saturated rings. The first-order valence-corrected chi connectivity index (χ1v) is 10.5. The third-order valence-electron chi connectivity index (χ3n) is 5.20. The highest BCUT2D eigenvalue weighted by atomic mass is 16.6. The van der Waals surface area contributed by atoms with Gasteiger partial charge in [0, 0.05) is 12.6 Å². The molecule has 2 aliphatic rings. The Labute approximate surface area is 168 Å². The molecule has 0 aromatic heterocycles. The molecule has 1 saturated carbocycles. The Hall–Kier alpha value is -1.83. The second-order valence-corrected chi connectivity index (χ2v) is 8.96. The number of piperidine rings is 1. The Balaban J connectivity index is 1.59. The average Bonchev–Trinajstić information content (AvgIpc) is 2.60. The topological polar surface area (TPSA) is 99.8 Å². The number of alkyl carbamates (subject to hydrolysis) is 1. The number of imide groups is 1. The summed E-state index contributed by atoms with van der Waals surface area (Å²) in [4.78, 5) is 37.8. The zero-order chi connectivity index (χ0) is 20.6. The summed E-state index contributed by atoms with van der Waals surface area (Å²) in [7, 11) is 0. The number of urea groups is 1. The van der Waals surface area contributed by atoms with Crippen molar-refractivity contribution in [1.29, 1.82) is 0 Å². The van der Waals surface area contributed by atoms with E-state index in [-0.39, 0.29) is 24.5 Å². The first-order chi connectivity index (χ1) is 13.2. The Bertz CT molecular complexity index is 533. The molecule has 0 aromatic carbocycles. The molecule has 1 aliphatic carbocycles. The molecule has 0 aromatic rings. The third kappa shape index (κ3) is 8.91. The summed E-state index contributed by atoms with van der Waals surface area (Å²) in [6.07, 6.45) is 6.89. The molecule has 3 N–H and O–H groups in total. The van der Waals surface area contributed by atoms with Crippen LogP contribution in [-0.4, -0.2) is 60.8 Å². The minimum absolute atomic E-state index is 0.190. The summed E-state index contributed by atoms with van der Waals surface area (Å²) in [5.74, 6) is 0.111. The van der Waals surface area contributed by atoms with Gasteiger partial charge in [-0.2, -0.15) is 0 Å². The van der Waals surface area contributed by atoms with E-state index in [0.29, 0.717) is 12.5 Å². The number of nitrogens with zero attached hydrogens (tertiary/aromatic N) is 1. The molecule has 0 spiro atoms. The Kier molecular flexibility index (Phi) is 8.54. The molecule has 0 atom stereocenters. The van der Waals surface area contributed by atoms with Crippen LogP contribution in [0.15, 0.2) is 0 Å². The SMILES string of the molecule is CC(C)(C)OC(=O)NCC1CCN(CC(=O)NC(=O)NC2CCCCC2)CC1. The maximum Gasteiger partial charge on any atom is 0.407 e. The fraction of sp³-hybridized carbons (Fsp3) is 0.850. The zero-order valence-electron chi connectivity index (χ0n) is 17.5. The molecule has 1 aliphatic heterocycles. The molecule has 1 saturated heterocycles. The van der Waals surface area contributed by atoms with Crippen molar-refractivity contribution in [2.24, 2.45) is 5.92 Å². The maximum absolute atomic E-state index is 12.1. The highest BCUT2D eigenvalue weighted by Crippen LogP contribution is 2.18. The fourth-order valence-corrected chi connectivity index (χ4v) is 3.73.